The molecule has 3 amide bonds. The maximum atomic E-state index is 13.5. The highest BCUT2D eigenvalue weighted by atomic mass is 32.2. The fourth-order valence-corrected chi connectivity index (χ4v) is 7.25. The summed E-state index contributed by atoms with van der Waals surface area (Å²) in [5.74, 6) is -2.54. The normalized spacial score (nSPS) is 19.2. The zero-order valence-electron chi connectivity index (χ0n) is 19.9. The largest absolute Gasteiger partial charge is 0.465 e. The molecule has 1 saturated heterocycles. The fraction of sp³-hybridized carbons (Fsp3) is 0.333. The number of ether oxygens (including phenoxy) is 2. The number of hydrogen-bond donors (Lipinski definition) is 0. The number of benzene rings is 1. The van der Waals surface area contributed by atoms with E-state index in [1.54, 1.807) is 38.1 Å². The average Bonchev–Trinajstić information content (AvgIpc) is 3.42. The molecular weight excluding hydrogens is 524 g/mol. The second kappa shape index (κ2) is 9.83. The molecule has 1 aromatic rings. The van der Waals surface area contributed by atoms with Crippen LogP contribution in [0.15, 0.2) is 38.3 Å². The molecule has 36 heavy (non-hydrogen) atoms. The average molecular weight is 547 g/mol. The summed E-state index contributed by atoms with van der Waals surface area (Å²) >= 11 is 8.02. The van der Waals surface area contributed by atoms with Crippen molar-refractivity contribution in [3.63, 3.8) is 0 Å². The summed E-state index contributed by atoms with van der Waals surface area (Å²) in [4.78, 5) is 65.7. The Morgan fingerprint density at radius 1 is 0.972 bits per heavy atom. The number of methoxy groups -OCH3 is 2. The topological polar surface area (TPSA) is 110 Å². The number of para-hydroxylation sites is 1. The standard InChI is InChI=1S/C24H22N2O7S3/c1-24(2)20(34)17(23-35-18(21(30)32-3)19(36-23)22(31)33-4)12-7-5-6-8-13(12)26(24)16(29)11-25-14(27)9-10-15(25)28/h5-8H,9-11H2,1-4H3. The number of rotatable bonds is 4. The molecule has 0 spiro atoms. The van der Waals surface area contributed by atoms with Crippen LogP contribution in [0, 0.1) is 0 Å². The van der Waals surface area contributed by atoms with Gasteiger partial charge in [0, 0.05) is 24.0 Å². The zero-order chi connectivity index (χ0) is 26.4. The Morgan fingerprint density at radius 2 is 1.50 bits per heavy atom. The summed E-state index contributed by atoms with van der Waals surface area (Å²) in [6, 6.07) is 7.10. The number of nitrogens with zero attached hydrogens (tertiary/aromatic N) is 2. The number of fused-ring (bicyclic) bond motifs is 1. The number of thioether (sulfide) groups is 2. The summed E-state index contributed by atoms with van der Waals surface area (Å²) in [7, 11) is 2.45. The van der Waals surface area contributed by atoms with Gasteiger partial charge in [0.1, 0.15) is 16.4 Å². The lowest BCUT2D eigenvalue weighted by Gasteiger charge is -2.45. The molecule has 0 atom stereocenters. The van der Waals surface area contributed by atoms with E-state index in [0.29, 0.717) is 25.9 Å². The van der Waals surface area contributed by atoms with E-state index in [1.807, 2.05) is 0 Å². The third-order valence-corrected chi connectivity index (χ3v) is 9.26. The zero-order valence-corrected chi connectivity index (χ0v) is 22.4. The lowest BCUT2D eigenvalue weighted by Crippen LogP contribution is -2.58. The number of esters is 2. The molecule has 9 nitrogen and oxygen atoms in total. The molecule has 0 radical (unpaired) electrons. The molecule has 4 rings (SSSR count). The first-order valence-electron chi connectivity index (χ1n) is 10.8. The molecule has 0 unspecified atom stereocenters. The van der Waals surface area contributed by atoms with E-state index in [-0.39, 0.29) is 41.0 Å². The van der Waals surface area contributed by atoms with Crippen LogP contribution in [0.3, 0.4) is 0 Å². The summed E-state index contributed by atoms with van der Waals surface area (Å²) in [6.45, 7) is 3.17. The van der Waals surface area contributed by atoms with Crippen molar-refractivity contribution in [2.24, 2.45) is 0 Å². The Balaban J connectivity index is 1.80. The van der Waals surface area contributed by atoms with E-state index in [2.05, 4.69) is 0 Å². The van der Waals surface area contributed by atoms with Crippen LogP contribution >= 0.6 is 35.7 Å². The molecule has 1 aromatic carbocycles. The van der Waals surface area contributed by atoms with Crippen molar-refractivity contribution in [3.8, 4) is 0 Å². The first kappa shape index (κ1) is 26.1. The number of carbonyl (C=O) groups is 5. The van der Waals surface area contributed by atoms with Crippen LogP contribution < -0.4 is 4.90 Å². The van der Waals surface area contributed by atoms with Gasteiger partial charge < -0.3 is 9.47 Å². The van der Waals surface area contributed by atoms with E-state index >= 15 is 0 Å². The highest BCUT2D eigenvalue weighted by Gasteiger charge is 2.47. The molecule has 0 saturated carbocycles. The number of likely N-dealkylation sites (tertiary alicyclic amines) is 1. The van der Waals surface area contributed by atoms with Crippen LogP contribution in [0.2, 0.25) is 0 Å². The minimum absolute atomic E-state index is 0.0905. The van der Waals surface area contributed by atoms with Crippen molar-refractivity contribution in [2.45, 2.75) is 32.2 Å². The van der Waals surface area contributed by atoms with Crippen molar-refractivity contribution in [1.29, 1.82) is 0 Å². The van der Waals surface area contributed by atoms with Gasteiger partial charge in [0.15, 0.2) is 0 Å². The van der Waals surface area contributed by atoms with Gasteiger partial charge in [-0.1, -0.05) is 53.9 Å². The predicted molar refractivity (Wildman–Crippen MR) is 140 cm³/mol. The van der Waals surface area contributed by atoms with Crippen LogP contribution in [0.25, 0.3) is 5.57 Å². The number of hydrogen-bond acceptors (Lipinski definition) is 10. The molecular formula is C24H22N2O7S3. The van der Waals surface area contributed by atoms with Gasteiger partial charge in [-0.05, 0) is 19.9 Å². The summed E-state index contributed by atoms with van der Waals surface area (Å²) < 4.78 is 10.3. The number of carbonyl (C=O) groups excluding carboxylic acids is 5. The molecule has 3 heterocycles. The minimum atomic E-state index is -1.03. The number of thiocarbonyl (C=S) groups is 1. The van der Waals surface area contributed by atoms with Gasteiger partial charge in [-0.15, -0.1) is 0 Å². The van der Waals surface area contributed by atoms with Crippen molar-refractivity contribution in [1.82, 2.24) is 4.90 Å². The molecule has 3 aliphatic heterocycles. The van der Waals surface area contributed by atoms with Gasteiger partial charge in [0.2, 0.25) is 17.7 Å². The first-order valence-corrected chi connectivity index (χ1v) is 12.9. The summed E-state index contributed by atoms with van der Waals surface area (Å²) in [5.41, 5.74) is 0.739. The Bertz CT molecular complexity index is 1250. The quantitative estimate of drug-likeness (QED) is 0.242. The molecule has 1 fully saturated rings. The molecule has 0 aliphatic carbocycles. The van der Waals surface area contributed by atoms with E-state index in [1.165, 1.54) is 19.1 Å². The molecule has 12 heteroatoms. The van der Waals surface area contributed by atoms with Crippen LogP contribution in [0.5, 0.6) is 0 Å². The first-order chi connectivity index (χ1) is 17.0. The summed E-state index contributed by atoms with van der Waals surface area (Å²) in [5, 5.41) is 0. The lowest BCUT2D eigenvalue weighted by molar-refractivity contribution is -0.142. The molecule has 0 aromatic heterocycles. The van der Waals surface area contributed by atoms with Crippen molar-refractivity contribution < 1.29 is 33.4 Å². The smallest absolute Gasteiger partial charge is 0.346 e. The molecule has 0 N–H and O–H groups in total. The second-order valence-corrected chi connectivity index (χ2v) is 11.2. The third kappa shape index (κ3) is 4.27. The van der Waals surface area contributed by atoms with Gasteiger partial charge in [0.05, 0.1) is 34.5 Å². The van der Waals surface area contributed by atoms with Gasteiger partial charge in [-0.2, -0.15) is 0 Å². The Labute approximate surface area is 221 Å². The monoisotopic (exact) mass is 546 g/mol. The maximum absolute atomic E-state index is 13.5. The third-order valence-electron chi connectivity index (χ3n) is 6.00. The minimum Gasteiger partial charge on any atom is -0.465 e. The SMILES string of the molecule is COC(=O)C1=C(C(=O)OC)SC(=C2C(=S)C(C)(C)N(C(=O)CN3C(=O)CCC3=O)c3ccccc32)S1. The van der Waals surface area contributed by atoms with Crippen LogP contribution in [-0.2, 0) is 33.4 Å². The van der Waals surface area contributed by atoms with E-state index in [4.69, 9.17) is 21.7 Å². The van der Waals surface area contributed by atoms with Crippen molar-refractivity contribution in [2.75, 3.05) is 25.7 Å². The highest BCUT2D eigenvalue weighted by Crippen LogP contribution is 2.56. The van der Waals surface area contributed by atoms with E-state index in [0.717, 1.165) is 28.4 Å². The predicted octanol–water partition coefficient (Wildman–Crippen LogP) is 3.04. The fourth-order valence-electron chi connectivity index (χ4n) is 4.22. The van der Waals surface area contributed by atoms with Crippen LogP contribution in [-0.4, -0.2) is 65.7 Å². The Morgan fingerprint density at radius 3 is 2.03 bits per heavy atom. The molecule has 3 aliphatic rings. The number of anilines is 1. The lowest BCUT2D eigenvalue weighted by atomic mass is 9.83. The molecule has 188 valence electrons. The summed E-state index contributed by atoms with van der Waals surface area (Å²) in [6.07, 6.45) is 0.181. The Kier molecular flexibility index (Phi) is 7.13. The van der Waals surface area contributed by atoms with Gasteiger partial charge in [0.25, 0.3) is 0 Å². The highest BCUT2D eigenvalue weighted by molar-refractivity contribution is 8.29. The van der Waals surface area contributed by atoms with Crippen LogP contribution in [0.4, 0.5) is 5.69 Å². The van der Waals surface area contributed by atoms with Crippen molar-refractivity contribution >= 4 is 81.5 Å². The van der Waals surface area contributed by atoms with Crippen LogP contribution in [0.1, 0.15) is 32.3 Å². The van der Waals surface area contributed by atoms with Gasteiger partial charge >= 0.3 is 11.9 Å². The second-order valence-electron chi connectivity index (χ2n) is 8.52. The van der Waals surface area contributed by atoms with E-state index < -0.39 is 23.4 Å². The number of amides is 3. The number of imide groups is 1. The van der Waals surface area contributed by atoms with Gasteiger partial charge in [-0.3, -0.25) is 24.2 Å². The Hall–Kier alpha value is -2.96. The van der Waals surface area contributed by atoms with Crippen molar-refractivity contribution in [3.05, 3.63) is 43.9 Å². The van der Waals surface area contributed by atoms with Gasteiger partial charge in [-0.25, -0.2) is 9.59 Å². The molecule has 0 bridgehead atoms. The maximum Gasteiger partial charge on any atom is 0.346 e. The van der Waals surface area contributed by atoms with E-state index in [9.17, 15) is 24.0 Å².